The number of carbonyl (C=O) groups is 1. The van der Waals surface area contributed by atoms with Gasteiger partial charge in [-0.2, -0.15) is 0 Å². The summed E-state index contributed by atoms with van der Waals surface area (Å²) in [6.07, 6.45) is 9.35. The fourth-order valence-corrected chi connectivity index (χ4v) is 2.14. The van der Waals surface area contributed by atoms with Crippen molar-refractivity contribution in [1.29, 1.82) is 0 Å². The number of hydrogen-bond acceptors (Lipinski definition) is 2. The maximum atomic E-state index is 11.8. The molecule has 0 aliphatic heterocycles. The third-order valence-corrected chi connectivity index (χ3v) is 3.49. The summed E-state index contributed by atoms with van der Waals surface area (Å²) in [5.74, 6) is -0.192. The first-order valence-electron chi connectivity index (χ1n) is 8.04. The van der Waals surface area contributed by atoms with Gasteiger partial charge in [-0.05, 0) is 37.0 Å². The molecule has 0 saturated heterocycles. The Hall–Kier alpha value is -1.31. The van der Waals surface area contributed by atoms with Gasteiger partial charge in [0.2, 0.25) is 0 Å². The number of ether oxygens (including phenoxy) is 1. The number of aryl methyl sites for hydroxylation is 1. The Morgan fingerprint density at radius 1 is 0.900 bits per heavy atom. The van der Waals surface area contributed by atoms with Gasteiger partial charge in [-0.1, -0.05) is 58.1 Å². The largest absolute Gasteiger partial charge is 0.462 e. The van der Waals surface area contributed by atoms with E-state index in [1.165, 1.54) is 37.7 Å². The molecule has 2 heteroatoms. The van der Waals surface area contributed by atoms with E-state index in [0.717, 1.165) is 19.3 Å². The number of unbranched alkanes of at least 4 members (excludes halogenated alkanes) is 5. The third-order valence-electron chi connectivity index (χ3n) is 3.49. The minimum Gasteiger partial charge on any atom is -0.462 e. The molecule has 0 unspecified atom stereocenters. The lowest BCUT2D eigenvalue weighted by molar-refractivity contribution is 0.0497. The van der Waals surface area contributed by atoms with Crippen LogP contribution in [0.3, 0.4) is 0 Å². The van der Waals surface area contributed by atoms with Gasteiger partial charge in [0.25, 0.3) is 0 Å². The average molecular weight is 276 g/mol. The van der Waals surface area contributed by atoms with Crippen LogP contribution in [0.4, 0.5) is 0 Å². The van der Waals surface area contributed by atoms with E-state index in [1.54, 1.807) is 0 Å². The normalized spacial score (nSPS) is 10.5. The number of carbonyl (C=O) groups excluding carboxylic acids is 1. The van der Waals surface area contributed by atoms with Gasteiger partial charge in [-0.3, -0.25) is 0 Å². The van der Waals surface area contributed by atoms with E-state index in [9.17, 15) is 4.79 Å². The van der Waals surface area contributed by atoms with Crippen molar-refractivity contribution in [1.82, 2.24) is 0 Å². The van der Waals surface area contributed by atoms with Gasteiger partial charge in [-0.15, -0.1) is 0 Å². The Morgan fingerprint density at radius 3 is 2.20 bits per heavy atom. The summed E-state index contributed by atoms with van der Waals surface area (Å²) in [6.45, 7) is 4.93. The van der Waals surface area contributed by atoms with Crippen LogP contribution in [-0.4, -0.2) is 12.6 Å². The van der Waals surface area contributed by atoms with E-state index in [4.69, 9.17) is 4.74 Å². The van der Waals surface area contributed by atoms with E-state index in [1.807, 2.05) is 24.3 Å². The Bertz CT molecular complexity index is 368. The summed E-state index contributed by atoms with van der Waals surface area (Å²) in [4.78, 5) is 11.8. The Morgan fingerprint density at radius 2 is 1.55 bits per heavy atom. The molecule has 0 bridgehead atoms. The molecule has 0 spiro atoms. The lowest BCUT2D eigenvalue weighted by Crippen LogP contribution is -2.06. The Balaban J connectivity index is 2.25. The van der Waals surface area contributed by atoms with Crippen LogP contribution >= 0.6 is 0 Å². The van der Waals surface area contributed by atoms with Crippen molar-refractivity contribution in [3.63, 3.8) is 0 Å². The molecule has 0 atom stereocenters. The molecule has 112 valence electrons. The summed E-state index contributed by atoms with van der Waals surface area (Å²) >= 11 is 0. The molecule has 0 saturated carbocycles. The molecule has 1 rings (SSSR count). The van der Waals surface area contributed by atoms with Gasteiger partial charge in [0.1, 0.15) is 0 Å². The lowest BCUT2D eigenvalue weighted by Gasteiger charge is -2.06. The fraction of sp³-hybridized carbons (Fsp3) is 0.611. The van der Waals surface area contributed by atoms with Crippen LogP contribution in [0.25, 0.3) is 0 Å². The van der Waals surface area contributed by atoms with Gasteiger partial charge >= 0.3 is 5.97 Å². The van der Waals surface area contributed by atoms with Crippen LogP contribution in [0.1, 0.15) is 74.7 Å². The van der Waals surface area contributed by atoms with Crippen molar-refractivity contribution < 1.29 is 9.53 Å². The fourth-order valence-electron chi connectivity index (χ4n) is 2.14. The summed E-state index contributed by atoms with van der Waals surface area (Å²) in [5, 5.41) is 0. The van der Waals surface area contributed by atoms with Gasteiger partial charge in [0, 0.05) is 0 Å². The molecule has 1 aromatic rings. The number of hydrogen-bond donors (Lipinski definition) is 0. The Kier molecular flexibility index (Phi) is 8.77. The quantitative estimate of drug-likeness (QED) is 0.436. The number of benzene rings is 1. The summed E-state index contributed by atoms with van der Waals surface area (Å²) in [6, 6.07) is 7.83. The maximum absolute atomic E-state index is 11.8. The van der Waals surface area contributed by atoms with E-state index in [-0.39, 0.29) is 5.97 Å². The highest BCUT2D eigenvalue weighted by Crippen LogP contribution is 2.10. The predicted octanol–water partition coefficient (Wildman–Crippen LogP) is 5.16. The zero-order valence-corrected chi connectivity index (χ0v) is 13.0. The first kappa shape index (κ1) is 16.7. The summed E-state index contributed by atoms with van der Waals surface area (Å²) in [5.41, 5.74) is 1.96. The van der Waals surface area contributed by atoms with Crippen LogP contribution in [0.2, 0.25) is 0 Å². The van der Waals surface area contributed by atoms with Gasteiger partial charge in [0.05, 0.1) is 12.2 Å². The van der Waals surface area contributed by atoms with E-state index >= 15 is 0 Å². The molecule has 0 radical (unpaired) electrons. The molecular weight excluding hydrogens is 248 g/mol. The highest BCUT2D eigenvalue weighted by atomic mass is 16.5. The SMILES string of the molecule is CCCCCCCOC(=O)c1ccc(CCCC)cc1. The molecular formula is C18H28O2. The minimum atomic E-state index is -0.192. The molecule has 0 aromatic heterocycles. The van der Waals surface area contributed by atoms with E-state index in [0.29, 0.717) is 12.2 Å². The lowest BCUT2D eigenvalue weighted by atomic mass is 10.1. The minimum absolute atomic E-state index is 0.192. The number of esters is 1. The molecule has 0 amide bonds. The van der Waals surface area contributed by atoms with Crippen molar-refractivity contribution in [3.05, 3.63) is 35.4 Å². The van der Waals surface area contributed by atoms with Crippen LogP contribution < -0.4 is 0 Å². The second kappa shape index (κ2) is 10.5. The van der Waals surface area contributed by atoms with Gasteiger partial charge < -0.3 is 4.74 Å². The van der Waals surface area contributed by atoms with Crippen LogP contribution in [0.5, 0.6) is 0 Å². The average Bonchev–Trinajstić information content (AvgIpc) is 2.49. The van der Waals surface area contributed by atoms with Crippen LogP contribution in [-0.2, 0) is 11.2 Å². The van der Waals surface area contributed by atoms with Gasteiger partial charge in [0.15, 0.2) is 0 Å². The Labute approximate surface area is 123 Å². The first-order valence-corrected chi connectivity index (χ1v) is 8.04. The van der Waals surface area contributed by atoms with Crippen LogP contribution in [0, 0.1) is 0 Å². The molecule has 0 N–H and O–H groups in total. The molecule has 0 aliphatic rings. The highest BCUT2D eigenvalue weighted by Gasteiger charge is 2.06. The second-order valence-electron chi connectivity index (χ2n) is 5.35. The van der Waals surface area contributed by atoms with E-state index < -0.39 is 0 Å². The van der Waals surface area contributed by atoms with Crippen molar-refractivity contribution in [2.24, 2.45) is 0 Å². The summed E-state index contributed by atoms with van der Waals surface area (Å²) < 4.78 is 5.29. The molecule has 20 heavy (non-hydrogen) atoms. The smallest absolute Gasteiger partial charge is 0.338 e. The summed E-state index contributed by atoms with van der Waals surface area (Å²) in [7, 11) is 0. The van der Waals surface area contributed by atoms with Gasteiger partial charge in [-0.25, -0.2) is 4.79 Å². The molecule has 1 aromatic carbocycles. The van der Waals surface area contributed by atoms with Crippen molar-refractivity contribution in [2.45, 2.75) is 65.2 Å². The monoisotopic (exact) mass is 276 g/mol. The zero-order valence-electron chi connectivity index (χ0n) is 13.0. The maximum Gasteiger partial charge on any atom is 0.338 e. The first-order chi connectivity index (χ1) is 9.77. The molecule has 0 fully saturated rings. The highest BCUT2D eigenvalue weighted by molar-refractivity contribution is 5.89. The van der Waals surface area contributed by atoms with Crippen molar-refractivity contribution in [3.8, 4) is 0 Å². The van der Waals surface area contributed by atoms with Crippen molar-refractivity contribution >= 4 is 5.97 Å². The molecule has 0 heterocycles. The van der Waals surface area contributed by atoms with E-state index in [2.05, 4.69) is 13.8 Å². The van der Waals surface area contributed by atoms with Crippen molar-refractivity contribution in [2.75, 3.05) is 6.61 Å². The number of rotatable bonds is 10. The molecule has 0 aliphatic carbocycles. The van der Waals surface area contributed by atoms with Crippen LogP contribution in [0.15, 0.2) is 24.3 Å². The zero-order chi connectivity index (χ0) is 14.6. The topological polar surface area (TPSA) is 26.3 Å². The standard InChI is InChI=1S/C18H28O2/c1-3-5-7-8-9-15-20-18(19)17-13-11-16(12-14-17)10-6-4-2/h11-14H,3-10,15H2,1-2H3. The molecule has 2 nitrogen and oxygen atoms in total. The third kappa shape index (κ3) is 6.74. The second-order valence-corrected chi connectivity index (χ2v) is 5.35. The predicted molar refractivity (Wildman–Crippen MR) is 84.1 cm³/mol.